The summed E-state index contributed by atoms with van der Waals surface area (Å²) in [4.78, 5) is 0. The zero-order valence-corrected chi connectivity index (χ0v) is 9.02. The molecule has 0 atom stereocenters. The molecule has 0 aromatic heterocycles. The molecular weight excluding hydrogens is 217 g/mol. The van der Waals surface area contributed by atoms with Crippen molar-refractivity contribution in [2.24, 2.45) is 5.41 Å². The molecule has 1 aromatic carbocycles. The molecule has 1 aromatic rings. The number of nitrogens with one attached hydrogen (secondary N) is 1. The summed E-state index contributed by atoms with van der Waals surface area (Å²) in [5, 5.41) is 12.4. The minimum absolute atomic E-state index is 0.0425. The van der Waals surface area contributed by atoms with Gasteiger partial charge in [0.15, 0.2) is 0 Å². The highest BCUT2D eigenvalue weighted by atomic mass is 35.5. The summed E-state index contributed by atoms with van der Waals surface area (Å²) >= 11 is 5.65. The molecule has 0 unspecified atom stereocenters. The molecule has 1 saturated carbocycles. The van der Waals surface area contributed by atoms with Crippen molar-refractivity contribution in [3.05, 3.63) is 29.0 Å². The highest BCUT2D eigenvalue weighted by Crippen LogP contribution is 2.44. The molecule has 0 saturated heterocycles. The fourth-order valence-corrected chi connectivity index (χ4v) is 1.64. The fourth-order valence-electron chi connectivity index (χ4n) is 1.46. The van der Waals surface area contributed by atoms with E-state index in [2.05, 4.69) is 5.32 Å². The first kappa shape index (κ1) is 10.7. The third-order valence-electron chi connectivity index (χ3n) is 2.88. The zero-order valence-electron chi connectivity index (χ0n) is 8.26. The number of halogens is 2. The Morgan fingerprint density at radius 3 is 2.73 bits per heavy atom. The van der Waals surface area contributed by atoms with Crippen LogP contribution >= 0.6 is 11.6 Å². The third kappa shape index (κ3) is 2.41. The first-order valence-corrected chi connectivity index (χ1v) is 5.33. The molecule has 4 heteroatoms. The average molecular weight is 230 g/mol. The van der Waals surface area contributed by atoms with Crippen LogP contribution in [0.2, 0.25) is 5.02 Å². The Labute approximate surface area is 93.1 Å². The Morgan fingerprint density at radius 1 is 1.47 bits per heavy atom. The Morgan fingerprint density at radius 2 is 2.20 bits per heavy atom. The molecule has 15 heavy (non-hydrogen) atoms. The number of hydrogen-bond acceptors (Lipinski definition) is 2. The van der Waals surface area contributed by atoms with Crippen molar-refractivity contribution >= 4 is 17.3 Å². The number of benzene rings is 1. The van der Waals surface area contributed by atoms with Crippen molar-refractivity contribution in [2.75, 3.05) is 18.5 Å². The summed E-state index contributed by atoms with van der Waals surface area (Å²) in [6.45, 7) is 0.917. The topological polar surface area (TPSA) is 32.3 Å². The predicted octanol–water partition coefficient (Wildman–Crippen LogP) is 2.66. The summed E-state index contributed by atoms with van der Waals surface area (Å²) in [5.41, 5.74) is 0.835. The fraction of sp³-hybridized carbons (Fsp3) is 0.455. The molecule has 1 fully saturated rings. The second-order valence-corrected chi connectivity index (χ2v) is 4.55. The quantitative estimate of drug-likeness (QED) is 0.832. The van der Waals surface area contributed by atoms with Gasteiger partial charge in [0.25, 0.3) is 0 Å². The van der Waals surface area contributed by atoms with Crippen LogP contribution in [0.5, 0.6) is 0 Å². The van der Waals surface area contributed by atoms with Gasteiger partial charge in [-0.25, -0.2) is 4.39 Å². The molecular formula is C11H13ClFNO. The normalized spacial score (nSPS) is 17.5. The predicted molar refractivity (Wildman–Crippen MR) is 58.7 cm³/mol. The summed E-state index contributed by atoms with van der Waals surface area (Å²) < 4.78 is 12.9. The maximum atomic E-state index is 12.9. The van der Waals surface area contributed by atoms with Gasteiger partial charge in [0.2, 0.25) is 0 Å². The molecule has 0 heterocycles. The van der Waals surface area contributed by atoms with Gasteiger partial charge in [0.05, 0.1) is 11.6 Å². The van der Waals surface area contributed by atoms with Crippen molar-refractivity contribution in [3.8, 4) is 0 Å². The standard InChI is InChI=1S/C11H13ClFNO/c12-9-5-8(1-2-10(9)13)14-6-11(7-15)3-4-11/h1-2,5,14-15H,3-4,6-7H2. The lowest BCUT2D eigenvalue weighted by atomic mass is 10.1. The van der Waals surface area contributed by atoms with E-state index in [4.69, 9.17) is 16.7 Å². The minimum Gasteiger partial charge on any atom is -0.396 e. The third-order valence-corrected chi connectivity index (χ3v) is 3.17. The molecule has 0 amide bonds. The van der Waals surface area contributed by atoms with Gasteiger partial charge >= 0.3 is 0 Å². The second-order valence-electron chi connectivity index (χ2n) is 4.14. The zero-order chi connectivity index (χ0) is 10.9. The molecule has 1 aliphatic carbocycles. The van der Waals surface area contributed by atoms with Crippen LogP contribution in [-0.2, 0) is 0 Å². The summed E-state index contributed by atoms with van der Waals surface area (Å²) in [5.74, 6) is -0.412. The number of aliphatic hydroxyl groups is 1. The van der Waals surface area contributed by atoms with Crippen molar-refractivity contribution in [2.45, 2.75) is 12.8 Å². The Hall–Kier alpha value is -0.800. The van der Waals surface area contributed by atoms with Crippen molar-refractivity contribution in [1.82, 2.24) is 0 Å². The minimum atomic E-state index is -0.412. The van der Waals surface area contributed by atoms with Gasteiger partial charge in [-0.1, -0.05) is 11.6 Å². The molecule has 1 aliphatic rings. The van der Waals surface area contributed by atoms with Crippen LogP contribution in [0.4, 0.5) is 10.1 Å². The van der Waals surface area contributed by atoms with E-state index >= 15 is 0 Å². The van der Waals surface area contributed by atoms with Crippen LogP contribution in [0.1, 0.15) is 12.8 Å². The lowest BCUT2D eigenvalue weighted by Crippen LogP contribution is -2.18. The number of hydrogen-bond donors (Lipinski definition) is 2. The second kappa shape index (κ2) is 3.99. The average Bonchev–Trinajstić information content (AvgIpc) is 3.01. The first-order valence-electron chi connectivity index (χ1n) is 4.95. The van der Waals surface area contributed by atoms with E-state index < -0.39 is 5.82 Å². The van der Waals surface area contributed by atoms with E-state index in [0.29, 0.717) is 6.54 Å². The Balaban J connectivity index is 1.96. The van der Waals surface area contributed by atoms with E-state index in [-0.39, 0.29) is 17.0 Å². The van der Waals surface area contributed by atoms with Gasteiger partial charge in [-0.2, -0.15) is 0 Å². The van der Waals surface area contributed by atoms with Crippen molar-refractivity contribution in [3.63, 3.8) is 0 Å². The molecule has 82 valence electrons. The van der Waals surface area contributed by atoms with Crippen molar-refractivity contribution in [1.29, 1.82) is 0 Å². The van der Waals surface area contributed by atoms with Crippen LogP contribution in [0.3, 0.4) is 0 Å². The molecule has 2 rings (SSSR count). The molecule has 2 nitrogen and oxygen atoms in total. The number of rotatable bonds is 4. The van der Waals surface area contributed by atoms with E-state index in [1.165, 1.54) is 6.07 Å². The maximum absolute atomic E-state index is 12.9. The van der Waals surface area contributed by atoms with Crippen LogP contribution in [0, 0.1) is 11.2 Å². The molecule has 0 aliphatic heterocycles. The van der Waals surface area contributed by atoms with E-state index in [0.717, 1.165) is 18.5 Å². The Bertz CT molecular complexity index is 366. The highest BCUT2D eigenvalue weighted by Gasteiger charge is 2.41. The van der Waals surface area contributed by atoms with Crippen LogP contribution < -0.4 is 5.32 Å². The van der Waals surface area contributed by atoms with E-state index in [1.54, 1.807) is 12.1 Å². The SMILES string of the molecule is OCC1(CNc2ccc(F)c(Cl)c2)CC1. The van der Waals surface area contributed by atoms with Gasteiger partial charge in [0.1, 0.15) is 5.82 Å². The van der Waals surface area contributed by atoms with Gasteiger partial charge in [-0.05, 0) is 31.0 Å². The lowest BCUT2D eigenvalue weighted by molar-refractivity contribution is 0.220. The van der Waals surface area contributed by atoms with Gasteiger partial charge < -0.3 is 10.4 Å². The number of aliphatic hydroxyl groups excluding tert-OH is 1. The van der Waals surface area contributed by atoms with E-state index in [1.807, 2.05) is 0 Å². The first-order chi connectivity index (χ1) is 7.15. The van der Waals surface area contributed by atoms with Gasteiger partial charge in [0, 0.05) is 17.6 Å². The van der Waals surface area contributed by atoms with Crippen LogP contribution in [0.15, 0.2) is 18.2 Å². The largest absolute Gasteiger partial charge is 0.396 e. The van der Waals surface area contributed by atoms with E-state index in [9.17, 15) is 4.39 Å². The Kier molecular flexibility index (Phi) is 2.85. The monoisotopic (exact) mass is 229 g/mol. The van der Waals surface area contributed by atoms with Gasteiger partial charge in [-0.15, -0.1) is 0 Å². The molecule has 0 bridgehead atoms. The van der Waals surface area contributed by atoms with Crippen LogP contribution in [0.25, 0.3) is 0 Å². The molecule has 0 spiro atoms. The summed E-state index contributed by atoms with van der Waals surface area (Å²) in [6, 6.07) is 4.54. The highest BCUT2D eigenvalue weighted by molar-refractivity contribution is 6.31. The number of anilines is 1. The summed E-state index contributed by atoms with van der Waals surface area (Å²) in [7, 11) is 0. The lowest BCUT2D eigenvalue weighted by Gasteiger charge is -2.13. The van der Waals surface area contributed by atoms with Crippen LogP contribution in [-0.4, -0.2) is 18.3 Å². The maximum Gasteiger partial charge on any atom is 0.141 e. The molecule has 2 N–H and O–H groups in total. The smallest absolute Gasteiger partial charge is 0.141 e. The van der Waals surface area contributed by atoms with Gasteiger partial charge in [-0.3, -0.25) is 0 Å². The molecule has 0 radical (unpaired) electrons. The van der Waals surface area contributed by atoms with Crippen molar-refractivity contribution < 1.29 is 9.50 Å². The summed E-state index contributed by atoms with van der Waals surface area (Å²) in [6.07, 6.45) is 2.09.